The fourth-order valence-corrected chi connectivity index (χ4v) is 1.69. The topological polar surface area (TPSA) is 23.5 Å². The van der Waals surface area contributed by atoms with Crippen molar-refractivity contribution >= 4 is 0 Å². The lowest BCUT2D eigenvalue weighted by atomic mass is 10.1. The van der Waals surface area contributed by atoms with Crippen LogP contribution in [0.4, 0.5) is 0 Å². The van der Waals surface area contributed by atoms with Gasteiger partial charge >= 0.3 is 0 Å². The van der Waals surface area contributed by atoms with E-state index in [2.05, 4.69) is 11.5 Å². The quantitative estimate of drug-likeness (QED) is 0.653. The minimum Gasteiger partial charge on any atom is -0.513 e. The molecule has 0 amide bonds. The molecule has 1 fully saturated rings. The SMILES string of the molecule is C=C(O)CCCN1CCCCC1. The van der Waals surface area contributed by atoms with Gasteiger partial charge in [-0.1, -0.05) is 13.0 Å². The van der Waals surface area contributed by atoms with Gasteiger partial charge in [0.1, 0.15) is 0 Å². The number of likely N-dealkylation sites (tertiary alicyclic amines) is 1. The maximum atomic E-state index is 8.87. The summed E-state index contributed by atoms with van der Waals surface area (Å²) < 4.78 is 0. The van der Waals surface area contributed by atoms with Crippen molar-refractivity contribution < 1.29 is 5.11 Å². The van der Waals surface area contributed by atoms with Crippen LogP contribution in [0.3, 0.4) is 0 Å². The predicted octanol–water partition coefficient (Wildman–Crippen LogP) is 2.32. The Morgan fingerprint density at radius 1 is 1.25 bits per heavy atom. The molecule has 0 saturated carbocycles. The van der Waals surface area contributed by atoms with Gasteiger partial charge in [-0.2, -0.15) is 0 Å². The Morgan fingerprint density at radius 3 is 2.50 bits per heavy atom. The molecule has 0 spiro atoms. The lowest BCUT2D eigenvalue weighted by Crippen LogP contribution is -2.30. The van der Waals surface area contributed by atoms with Gasteiger partial charge < -0.3 is 10.0 Å². The van der Waals surface area contributed by atoms with E-state index in [0.29, 0.717) is 5.76 Å². The molecule has 0 aromatic heterocycles. The molecule has 0 atom stereocenters. The summed E-state index contributed by atoms with van der Waals surface area (Å²) >= 11 is 0. The molecule has 2 nitrogen and oxygen atoms in total. The van der Waals surface area contributed by atoms with Gasteiger partial charge in [0.25, 0.3) is 0 Å². The first-order valence-corrected chi connectivity index (χ1v) is 4.88. The first-order chi connectivity index (χ1) is 5.79. The van der Waals surface area contributed by atoms with E-state index in [1.807, 2.05) is 0 Å². The van der Waals surface area contributed by atoms with E-state index in [1.165, 1.54) is 32.4 Å². The molecule has 0 aromatic carbocycles. The largest absolute Gasteiger partial charge is 0.513 e. The lowest BCUT2D eigenvalue weighted by Gasteiger charge is -2.26. The molecule has 0 radical (unpaired) electrons. The molecule has 1 heterocycles. The number of aliphatic hydroxyl groups excluding tert-OH is 1. The summed E-state index contributed by atoms with van der Waals surface area (Å²) in [5, 5.41) is 8.87. The highest BCUT2D eigenvalue weighted by atomic mass is 16.3. The molecule has 1 rings (SSSR count). The third-order valence-electron chi connectivity index (χ3n) is 2.39. The Morgan fingerprint density at radius 2 is 1.92 bits per heavy atom. The minimum atomic E-state index is 0.326. The molecule has 70 valence electrons. The van der Waals surface area contributed by atoms with Crippen molar-refractivity contribution in [3.63, 3.8) is 0 Å². The average molecular weight is 169 g/mol. The van der Waals surface area contributed by atoms with Crippen molar-refractivity contribution in [1.29, 1.82) is 0 Å². The van der Waals surface area contributed by atoms with Crippen LogP contribution >= 0.6 is 0 Å². The van der Waals surface area contributed by atoms with Crippen molar-refractivity contribution in [2.24, 2.45) is 0 Å². The number of aliphatic hydroxyl groups is 1. The zero-order valence-electron chi connectivity index (χ0n) is 7.76. The van der Waals surface area contributed by atoms with Crippen molar-refractivity contribution in [1.82, 2.24) is 4.90 Å². The standard InChI is InChI=1S/C10H19NO/c1-10(12)6-5-9-11-7-3-2-4-8-11/h12H,1-9H2. The minimum absolute atomic E-state index is 0.326. The number of nitrogens with zero attached hydrogens (tertiary/aromatic N) is 1. The molecule has 12 heavy (non-hydrogen) atoms. The van der Waals surface area contributed by atoms with Gasteiger partial charge in [-0.15, -0.1) is 0 Å². The highest BCUT2D eigenvalue weighted by Gasteiger charge is 2.08. The van der Waals surface area contributed by atoms with Crippen LogP contribution in [0.5, 0.6) is 0 Å². The normalized spacial score (nSPS) is 19.3. The Kier molecular flexibility index (Phi) is 4.15. The van der Waals surface area contributed by atoms with Crippen molar-refractivity contribution in [2.45, 2.75) is 32.1 Å². The van der Waals surface area contributed by atoms with E-state index in [4.69, 9.17) is 5.11 Å². The number of piperidine rings is 1. The Hall–Kier alpha value is -0.500. The molecule has 2 heteroatoms. The second-order valence-corrected chi connectivity index (χ2v) is 3.57. The van der Waals surface area contributed by atoms with Crippen LogP contribution in [0.15, 0.2) is 12.3 Å². The van der Waals surface area contributed by atoms with Gasteiger partial charge in [-0.3, -0.25) is 0 Å². The van der Waals surface area contributed by atoms with E-state index in [0.717, 1.165) is 19.4 Å². The summed E-state index contributed by atoms with van der Waals surface area (Å²) in [5.41, 5.74) is 0. The van der Waals surface area contributed by atoms with E-state index < -0.39 is 0 Å². The van der Waals surface area contributed by atoms with Crippen LogP contribution in [-0.2, 0) is 0 Å². The van der Waals surface area contributed by atoms with Gasteiger partial charge in [0.2, 0.25) is 0 Å². The average Bonchev–Trinajstić information content (AvgIpc) is 2.05. The zero-order chi connectivity index (χ0) is 8.81. The van der Waals surface area contributed by atoms with E-state index in [-0.39, 0.29) is 0 Å². The summed E-state index contributed by atoms with van der Waals surface area (Å²) in [4.78, 5) is 2.48. The molecule has 0 aliphatic carbocycles. The first-order valence-electron chi connectivity index (χ1n) is 4.88. The van der Waals surface area contributed by atoms with Crippen LogP contribution in [0.1, 0.15) is 32.1 Å². The lowest BCUT2D eigenvalue weighted by molar-refractivity contribution is 0.223. The molecule has 0 aromatic rings. The van der Waals surface area contributed by atoms with E-state index >= 15 is 0 Å². The van der Waals surface area contributed by atoms with Gasteiger partial charge in [0, 0.05) is 6.42 Å². The summed E-state index contributed by atoms with van der Waals surface area (Å²) in [6.45, 7) is 7.10. The number of rotatable bonds is 4. The molecular weight excluding hydrogens is 150 g/mol. The smallest absolute Gasteiger partial charge is 0.0851 e. The Balaban J connectivity index is 2.01. The number of allylic oxidation sites excluding steroid dienone is 1. The second kappa shape index (κ2) is 5.20. The van der Waals surface area contributed by atoms with Crippen LogP contribution in [0, 0.1) is 0 Å². The molecule has 1 aliphatic heterocycles. The molecular formula is C10H19NO. The molecule has 0 unspecified atom stereocenters. The van der Waals surface area contributed by atoms with Gasteiger partial charge in [0.05, 0.1) is 5.76 Å². The van der Waals surface area contributed by atoms with E-state index in [1.54, 1.807) is 0 Å². The number of hydrogen-bond donors (Lipinski definition) is 1. The van der Waals surface area contributed by atoms with Crippen LogP contribution in [0.25, 0.3) is 0 Å². The van der Waals surface area contributed by atoms with Crippen molar-refractivity contribution in [3.05, 3.63) is 12.3 Å². The second-order valence-electron chi connectivity index (χ2n) is 3.57. The molecule has 1 N–H and O–H groups in total. The highest BCUT2D eigenvalue weighted by Crippen LogP contribution is 2.10. The summed E-state index contributed by atoms with van der Waals surface area (Å²) in [7, 11) is 0. The maximum Gasteiger partial charge on any atom is 0.0851 e. The Labute approximate surface area is 74.9 Å². The highest BCUT2D eigenvalue weighted by molar-refractivity contribution is 4.78. The van der Waals surface area contributed by atoms with Gasteiger partial charge in [0.15, 0.2) is 0 Å². The fourth-order valence-electron chi connectivity index (χ4n) is 1.69. The summed E-state index contributed by atoms with van der Waals surface area (Å²) in [6, 6.07) is 0. The summed E-state index contributed by atoms with van der Waals surface area (Å²) in [5.74, 6) is 0.326. The monoisotopic (exact) mass is 169 g/mol. The van der Waals surface area contributed by atoms with Crippen molar-refractivity contribution in [3.8, 4) is 0 Å². The third kappa shape index (κ3) is 3.77. The van der Waals surface area contributed by atoms with Gasteiger partial charge in [-0.25, -0.2) is 0 Å². The van der Waals surface area contributed by atoms with Crippen molar-refractivity contribution in [2.75, 3.05) is 19.6 Å². The van der Waals surface area contributed by atoms with Crippen LogP contribution in [-0.4, -0.2) is 29.6 Å². The molecule has 1 aliphatic rings. The van der Waals surface area contributed by atoms with Crippen LogP contribution < -0.4 is 0 Å². The number of hydrogen-bond acceptors (Lipinski definition) is 2. The molecule has 1 saturated heterocycles. The Bertz CT molecular complexity index is 139. The predicted molar refractivity (Wildman–Crippen MR) is 51.3 cm³/mol. The first kappa shape index (κ1) is 9.59. The maximum absolute atomic E-state index is 8.87. The molecule has 0 bridgehead atoms. The fraction of sp³-hybridized carbons (Fsp3) is 0.800. The zero-order valence-corrected chi connectivity index (χ0v) is 7.76. The van der Waals surface area contributed by atoms with Gasteiger partial charge in [-0.05, 0) is 38.9 Å². The van der Waals surface area contributed by atoms with E-state index in [9.17, 15) is 0 Å². The van der Waals surface area contributed by atoms with Crippen LogP contribution in [0.2, 0.25) is 0 Å². The summed E-state index contributed by atoms with van der Waals surface area (Å²) in [6.07, 6.45) is 5.90. The third-order valence-corrected chi connectivity index (χ3v) is 2.39.